The number of amides is 3. The van der Waals surface area contributed by atoms with Gasteiger partial charge in [-0.2, -0.15) is 0 Å². The summed E-state index contributed by atoms with van der Waals surface area (Å²) in [5, 5.41) is 5.76. The van der Waals surface area contributed by atoms with Gasteiger partial charge in [0.2, 0.25) is 0 Å². The molecule has 4 aromatic carbocycles. The summed E-state index contributed by atoms with van der Waals surface area (Å²) in [5.74, 6) is -0.738. The van der Waals surface area contributed by atoms with Gasteiger partial charge in [-0.3, -0.25) is 14.4 Å². The zero-order valence-corrected chi connectivity index (χ0v) is 23.2. The Bertz CT molecular complexity index is 1640. The first-order valence-corrected chi connectivity index (χ1v) is 13.2. The molecule has 0 saturated carbocycles. The summed E-state index contributed by atoms with van der Waals surface area (Å²) in [6.45, 7) is 0.446. The summed E-state index contributed by atoms with van der Waals surface area (Å²) in [7, 11) is 1.42. The Morgan fingerprint density at radius 2 is 1.51 bits per heavy atom. The molecule has 1 aliphatic heterocycles. The number of carbonyl (C=O) groups is 3. The smallest absolute Gasteiger partial charge is 0.283 e. The lowest BCUT2D eigenvalue weighted by atomic mass is 10.2. The second-order valence-electron chi connectivity index (χ2n) is 8.91. The lowest BCUT2D eigenvalue weighted by Crippen LogP contribution is -2.32. The number of carbonyl (C=O) groups excluding carboxylic acids is 3. The van der Waals surface area contributed by atoms with Crippen LogP contribution in [-0.2, 0) is 16.2 Å². The Hall–Kier alpha value is -4.79. The van der Waals surface area contributed by atoms with Crippen LogP contribution < -0.4 is 25.0 Å². The van der Waals surface area contributed by atoms with E-state index < -0.39 is 11.8 Å². The molecule has 0 aliphatic carbocycles. The molecule has 0 bridgehead atoms. The maximum Gasteiger partial charge on any atom is 0.283 e. The van der Waals surface area contributed by atoms with Crippen LogP contribution in [0.25, 0.3) is 0 Å². The Balaban J connectivity index is 1.21. The fourth-order valence-corrected chi connectivity index (χ4v) is 4.47. The Morgan fingerprint density at radius 3 is 2.20 bits per heavy atom. The van der Waals surface area contributed by atoms with Gasteiger partial charge < -0.3 is 20.1 Å². The first-order chi connectivity index (χ1) is 19.8. The maximum atomic E-state index is 13.2. The molecule has 0 unspecified atom stereocenters. The average molecular weight is 588 g/mol. The fourth-order valence-electron chi connectivity index (χ4n) is 4.10. The van der Waals surface area contributed by atoms with E-state index >= 15 is 0 Å². The lowest BCUT2D eigenvalue weighted by Gasteiger charge is -2.18. The molecule has 1 aliphatic rings. The van der Waals surface area contributed by atoms with Crippen LogP contribution in [-0.4, -0.2) is 24.8 Å². The summed E-state index contributed by atoms with van der Waals surface area (Å²) >= 11 is 12.3. The van der Waals surface area contributed by atoms with E-state index in [1.165, 1.54) is 13.2 Å². The number of ether oxygens (including phenoxy) is 2. The van der Waals surface area contributed by atoms with E-state index in [9.17, 15) is 14.4 Å². The van der Waals surface area contributed by atoms with Crippen molar-refractivity contribution in [1.82, 2.24) is 0 Å². The molecular weight excluding hydrogens is 565 g/mol. The zero-order valence-electron chi connectivity index (χ0n) is 21.7. The average Bonchev–Trinajstić information content (AvgIpc) is 3.20. The van der Waals surface area contributed by atoms with Crippen molar-refractivity contribution < 1.29 is 23.9 Å². The second-order valence-corrected chi connectivity index (χ2v) is 9.72. The lowest BCUT2D eigenvalue weighted by molar-refractivity contribution is -0.120. The monoisotopic (exact) mass is 587 g/mol. The summed E-state index contributed by atoms with van der Waals surface area (Å²) in [6.07, 6.45) is 0. The standard InChI is InChI=1S/C31H23Cl2N3O5/c1-40-26-16-9-21(32)17-25(26)36-30(38)27(33)28(31(36)39)34-22-10-7-20(8-11-22)29(37)35-23-12-14-24(15-13-23)41-18-19-5-3-2-4-6-19/h2-17,34H,18H2,1H3,(H,35,37). The third kappa shape index (κ3) is 6.19. The number of hydrogen-bond acceptors (Lipinski definition) is 6. The highest BCUT2D eigenvalue weighted by molar-refractivity contribution is 6.53. The maximum absolute atomic E-state index is 13.2. The molecule has 41 heavy (non-hydrogen) atoms. The van der Waals surface area contributed by atoms with Crippen LogP contribution in [0.2, 0.25) is 5.02 Å². The summed E-state index contributed by atoms with van der Waals surface area (Å²) in [6, 6.07) is 27.9. The number of nitrogens with one attached hydrogen (secondary N) is 2. The number of benzene rings is 4. The van der Waals surface area contributed by atoms with E-state index in [0.717, 1.165) is 10.5 Å². The SMILES string of the molecule is COc1ccc(Cl)cc1N1C(=O)C(Cl)=C(Nc2ccc(C(=O)Nc3ccc(OCc4ccccc4)cc3)cc2)C1=O. The minimum Gasteiger partial charge on any atom is -0.495 e. The molecule has 206 valence electrons. The van der Waals surface area contributed by atoms with Crippen molar-refractivity contribution in [2.24, 2.45) is 0 Å². The van der Waals surface area contributed by atoms with Crippen LogP contribution in [0.4, 0.5) is 17.1 Å². The van der Waals surface area contributed by atoms with E-state index in [4.69, 9.17) is 32.7 Å². The first kappa shape index (κ1) is 27.8. The summed E-state index contributed by atoms with van der Waals surface area (Å²) in [5.41, 5.74) is 2.57. The van der Waals surface area contributed by atoms with Crippen LogP contribution in [0.15, 0.2) is 108 Å². The van der Waals surface area contributed by atoms with Crippen molar-refractivity contribution in [3.8, 4) is 11.5 Å². The molecule has 10 heteroatoms. The normalized spacial score (nSPS) is 12.9. The molecule has 0 radical (unpaired) electrons. The predicted molar refractivity (Wildman–Crippen MR) is 159 cm³/mol. The highest BCUT2D eigenvalue weighted by Gasteiger charge is 2.40. The van der Waals surface area contributed by atoms with Crippen LogP contribution in [0, 0.1) is 0 Å². The Morgan fingerprint density at radius 1 is 0.829 bits per heavy atom. The fraction of sp³-hybridized carbons (Fsp3) is 0.0645. The van der Waals surface area contributed by atoms with Crippen molar-refractivity contribution in [2.75, 3.05) is 22.6 Å². The quantitative estimate of drug-likeness (QED) is 0.214. The van der Waals surface area contributed by atoms with Crippen LogP contribution >= 0.6 is 23.2 Å². The first-order valence-electron chi connectivity index (χ1n) is 12.4. The van der Waals surface area contributed by atoms with Gasteiger partial charge in [0.25, 0.3) is 17.7 Å². The van der Waals surface area contributed by atoms with Crippen LogP contribution in [0.1, 0.15) is 15.9 Å². The minimum absolute atomic E-state index is 0.106. The minimum atomic E-state index is -0.716. The number of anilines is 3. The predicted octanol–water partition coefficient (Wildman–Crippen LogP) is 6.62. The highest BCUT2D eigenvalue weighted by Crippen LogP contribution is 2.37. The summed E-state index contributed by atoms with van der Waals surface area (Å²) in [4.78, 5) is 39.7. The van der Waals surface area contributed by atoms with E-state index in [1.54, 1.807) is 60.7 Å². The van der Waals surface area contributed by atoms with Crippen molar-refractivity contribution in [3.63, 3.8) is 0 Å². The van der Waals surface area contributed by atoms with Crippen molar-refractivity contribution in [3.05, 3.63) is 124 Å². The van der Waals surface area contributed by atoms with Gasteiger partial charge in [-0.05, 0) is 72.3 Å². The third-order valence-corrected chi connectivity index (χ3v) is 6.77. The van der Waals surface area contributed by atoms with Crippen LogP contribution in [0.3, 0.4) is 0 Å². The van der Waals surface area contributed by atoms with Gasteiger partial charge in [0.1, 0.15) is 28.8 Å². The van der Waals surface area contributed by atoms with E-state index in [2.05, 4.69) is 10.6 Å². The summed E-state index contributed by atoms with van der Waals surface area (Å²) < 4.78 is 11.1. The van der Waals surface area contributed by atoms with E-state index in [-0.39, 0.29) is 28.1 Å². The van der Waals surface area contributed by atoms with Crippen molar-refractivity contribution in [2.45, 2.75) is 6.61 Å². The third-order valence-electron chi connectivity index (χ3n) is 6.19. The zero-order chi connectivity index (χ0) is 28.9. The number of methoxy groups -OCH3 is 1. The molecule has 8 nitrogen and oxygen atoms in total. The van der Waals surface area contributed by atoms with Crippen molar-refractivity contribution in [1.29, 1.82) is 0 Å². The number of rotatable bonds is 9. The van der Waals surface area contributed by atoms with Gasteiger partial charge in [0, 0.05) is 22.0 Å². The largest absolute Gasteiger partial charge is 0.495 e. The second kappa shape index (κ2) is 12.2. The molecule has 1 heterocycles. The molecule has 4 aromatic rings. The number of halogens is 2. The highest BCUT2D eigenvalue weighted by atomic mass is 35.5. The van der Waals surface area contributed by atoms with Gasteiger partial charge in [-0.15, -0.1) is 0 Å². The number of hydrogen-bond donors (Lipinski definition) is 2. The van der Waals surface area contributed by atoms with Crippen molar-refractivity contribution >= 4 is 58.0 Å². The number of nitrogens with zero attached hydrogens (tertiary/aromatic N) is 1. The molecule has 3 amide bonds. The molecule has 0 atom stereocenters. The van der Waals surface area contributed by atoms with E-state index in [1.807, 2.05) is 30.3 Å². The molecule has 5 rings (SSSR count). The Labute approximate surface area is 246 Å². The molecular formula is C31H23Cl2N3O5. The van der Waals surface area contributed by atoms with Gasteiger partial charge in [0.05, 0.1) is 12.8 Å². The molecule has 0 spiro atoms. The van der Waals surface area contributed by atoms with Gasteiger partial charge in [-0.1, -0.05) is 53.5 Å². The van der Waals surface area contributed by atoms with Gasteiger partial charge in [0.15, 0.2) is 0 Å². The molecule has 0 aromatic heterocycles. The van der Waals surface area contributed by atoms with Gasteiger partial charge in [-0.25, -0.2) is 4.90 Å². The number of imide groups is 1. The van der Waals surface area contributed by atoms with Crippen LogP contribution in [0.5, 0.6) is 11.5 Å². The van der Waals surface area contributed by atoms with Gasteiger partial charge >= 0.3 is 0 Å². The molecule has 2 N–H and O–H groups in total. The van der Waals surface area contributed by atoms with E-state index in [0.29, 0.717) is 34.3 Å². The molecule has 0 fully saturated rings. The molecule has 0 saturated heterocycles. The Kier molecular flexibility index (Phi) is 8.24. The topological polar surface area (TPSA) is 97.0 Å².